The Bertz CT molecular complexity index is 1320. The van der Waals surface area contributed by atoms with Gasteiger partial charge in [-0.25, -0.2) is 8.42 Å². The van der Waals surface area contributed by atoms with Gasteiger partial charge in [-0.05, 0) is 49.2 Å². The summed E-state index contributed by atoms with van der Waals surface area (Å²) < 4.78 is 35.8. The molecule has 9 nitrogen and oxygen atoms in total. The highest BCUT2D eigenvalue weighted by molar-refractivity contribution is 7.90. The van der Waals surface area contributed by atoms with E-state index in [4.69, 9.17) is 9.47 Å². The Kier molecular flexibility index (Phi) is 8.68. The number of nitrogens with zero attached hydrogens (tertiary/aromatic N) is 2. The average molecular weight is 558 g/mol. The van der Waals surface area contributed by atoms with Crippen LogP contribution in [0, 0.1) is 5.92 Å². The van der Waals surface area contributed by atoms with Crippen LogP contribution in [-0.4, -0.2) is 76.1 Å². The van der Waals surface area contributed by atoms with E-state index in [2.05, 4.69) is 24.1 Å². The summed E-state index contributed by atoms with van der Waals surface area (Å²) in [5, 5.41) is 2.86. The van der Waals surface area contributed by atoms with Crippen LogP contribution in [0.2, 0.25) is 0 Å². The van der Waals surface area contributed by atoms with E-state index in [0.29, 0.717) is 31.6 Å². The molecule has 0 saturated carbocycles. The van der Waals surface area contributed by atoms with E-state index in [1.54, 1.807) is 0 Å². The molecule has 2 atom stereocenters. The van der Waals surface area contributed by atoms with Gasteiger partial charge in [0.2, 0.25) is 5.91 Å². The van der Waals surface area contributed by atoms with Crippen molar-refractivity contribution in [3.05, 3.63) is 53.6 Å². The van der Waals surface area contributed by atoms with Crippen molar-refractivity contribution in [3.8, 4) is 5.75 Å². The second-order valence-corrected chi connectivity index (χ2v) is 12.4. The number of carbonyl (C=O) groups is 2. The molecule has 0 radical (unpaired) electrons. The van der Waals surface area contributed by atoms with Crippen molar-refractivity contribution in [2.24, 2.45) is 5.92 Å². The van der Waals surface area contributed by atoms with Crippen molar-refractivity contribution in [2.45, 2.75) is 50.2 Å². The van der Waals surface area contributed by atoms with Gasteiger partial charge in [-0.2, -0.15) is 0 Å². The summed E-state index contributed by atoms with van der Waals surface area (Å²) in [5.41, 5.74) is 1.49. The Morgan fingerprint density at radius 1 is 1.15 bits per heavy atom. The van der Waals surface area contributed by atoms with Crippen LogP contribution in [0.5, 0.6) is 5.75 Å². The smallest absolute Gasteiger partial charge is 0.258 e. The van der Waals surface area contributed by atoms with Gasteiger partial charge in [-0.3, -0.25) is 9.59 Å². The Labute approximate surface area is 231 Å². The minimum Gasteiger partial charge on any atom is -0.495 e. The number of rotatable bonds is 9. The van der Waals surface area contributed by atoms with Gasteiger partial charge in [0.25, 0.3) is 5.91 Å². The van der Waals surface area contributed by atoms with Crippen LogP contribution in [0.4, 0.5) is 5.69 Å². The fourth-order valence-electron chi connectivity index (χ4n) is 5.63. The van der Waals surface area contributed by atoms with Crippen molar-refractivity contribution in [2.75, 3.05) is 51.4 Å². The number of hydrogen-bond donors (Lipinski definition) is 1. The normalized spacial score (nSPS) is 19.1. The molecule has 4 rings (SSSR count). The summed E-state index contributed by atoms with van der Waals surface area (Å²) in [6.45, 7) is 9.89. The first kappa shape index (κ1) is 29.0. The molecule has 10 heteroatoms. The van der Waals surface area contributed by atoms with Crippen molar-refractivity contribution < 1.29 is 27.5 Å². The Morgan fingerprint density at radius 2 is 1.82 bits per heavy atom. The number of nitrogens with one attached hydrogen (secondary N) is 1. The molecule has 2 heterocycles. The summed E-state index contributed by atoms with van der Waals surface area (Å²) in [4.78, 5) is 31.0. The molecule has 2 aromatic carbocycles. The first-order chi connectivity index (χ1) is 18.5. The van der Waals surface area contributed by atoms with E-state index in [1.165, 1.54) is 25.3 Å². The molecular weight excluding hydrogens is 518 g/mol. The summed E-state index contributed by atoms with van der Waals surface area (Å²) in [6.07, 6.45) is 1.48. The Morgan fingerprint density at radius 3 is 2.44 bits per heavy atom. The maximum absolute atomic E-state index is 13.5. The number of anilines is 1. The SMILES string of the molecule is CCN(CC)CC(C)C(=O)N1CCC2(CC1)OC(C(=O)Nc1ccc(S(C)(=O)=O)cc1OC)c1ccccc12. The van der Waals surface area contributed by atoms with Crippen molar-refractivity contribution in [3.63, 3.8) is 0 Å². The molecule has 1 fully saturated rings. The van der Waals surface area contributed by atoms with Crippen LogP contribution < -0.4 is 10.1 Å². The highest BCUT2D eigenvalue weighted by Gasteiger charge is 2.49. The van der Waals surface area contributed by atoms with E-state index < -0.39 is 21.5 Å². The molecule has 1 saturated heterocycles. The Balaban J connectivity index is 1.49. The van der Waals surface area contributed by atoms with Crippen LogP contribution in [0.3, 0.4) is 0 Å². The topological polar surface area (TPSA) is 105 Å². The number of benzene rings is 2. The number of sulfone groups is 1. The molecular formula is C29H39N3O6S. The van der Waals surface area contributed by atoms with Crippen molar-refractivity contribution in [1.82, 2.24) is 9.80 Å². The van der Waals surface area contributed by atoms with Gasteiger partial charge in [-0.1, -0.05) is 45.0 Å². The predicted molar refractivity (Wildman–Crippen MR) is 149 cm³/mol. The summed E-state index contributed by atoms with van der Waals surface area (Å²) in [6, 6.07) is 12.1. The molecule has 212 valence electrons. The van der Waals surface area contributed by atoms with Crippen LogP contribution >= 0.6 is 0 Å². The largest absolute Gasteiger partial charge is 0.495 e. The summed E-state index contributed by atoms with van der Waals surface area (Å²) >= 11 is 0. The molecule has 2 aliphatic rings. The van der Waals surface area contributed by atoms with E-state index in [9.17, 15) is 18.0 Å². The van der Waals surface area contributed by atoms with Gasteiger partial charge in [0.15, 0.2) is 15.9 Å². The van der Waals surface area contributed by atoms with E-state index >= 15 is 0 Å². The highest BCUT2D eigenvalue weighted by atomic mass is 32.2. The second kappa shape index (κ2) is 11.7. The zero-order valence-electron chi connectivity index (χ0n) is 23.4. The van der Waals surface area contributed by atoms with Crippen molar-refractivity contribution in [1.29, 1.82) is 0 Å². The third-order valence-electron chi connectivity index (χ3n) is 7.91. The molecule has 2 aromatic rings. The maximum Gasteiger partial charge on any atom is 0.258 e. The minimum atomic E-state index is -3.43. The molecule has 1 spiro atoms. The lowest BCUT2D eigenvalue weighted by molar-refractivity contribution is -0.153. The number of piperidine rings is 1. The minimum absolute atomic E-state index is 0.0849. The average Bonchev–Trinajstić information content (AvgIpc) is 3.25. The third kappa shape index (κ3) is 5.97. The molecule has 2 aliphatic heterocycles. The van der Waals surface area contributed by atoms with Crippen molar-refractivity contribution >= 4 is 27.3 Å². The van der Waals surface area contributed by atoms with Crippen LogP contribution in [0.15, 0.2) is 47.4 Å². The molecule has 0 aromatic heterocycles. The third-order valence-corrected chi connectivity index (χ3v) is 9.02. The van der Waals surface area contributed by atoms with Gasteiger partial charge in [-0.15, -0.1) is 0 Å². The number of ether oxygens (including phenoxy) is 2. The molecule has 2 amide bonds. The molecule has 0 aliphatic carbocycles. The number of carbonyl (C=O) groups excluding carboxylic acids is 2. The van der Waals surface area contributed by atoms with Crippen LogP contribution in [-0.2, 0) is 29.8 Å². The Hall–Kier alpha value is -2.95. The van der Waals surface area contributed by atoms with E-state index in [-0.39, 0.29) is 28.4 Å². The number of hydrogen-bond acceptors (Lipinski definition) is 7. The highest BCUT2D eigenvalue weighted by Crippen LogP contribution is 2.49. The van der Waals surface area contributed by atoms with E-state index in [0.717, 1.165) is 37.0 Å². The quantitative estimate of drug-likeness (QED) is 0.502. The van der Waals surface area contributed by atoms with Gasteiger partial charge in [0, 0.05) is 37.9 Å². The van der Waals surface area contributed by atoms with Gasteiger partial charge < -0.3 is 24.6 Å². The monoisotopic (exact) mass is 557 g/mol. The number of amides is 2. The number of likely N-dealkylation sites (tertiary alicyclic amines) is 1. The van der Waals surface area contributed by atoms with Crippen LogP contribution in [0.25, 0.3) is 0 Å². The molecule has 2 unspecified atom stereocenters. The standard InChI is InChI=1S/C29H39N3O6S/c1-6-31(7-2)19-20(3)28(34)32-16-14-29(15-17-32)23-11-9-8-10-22(23)26(38-29)27(33)30-24-13-12-21(39(5,35)36)18-25(24)37-4/h8-13,18,20,26H,6-7,14-17,19H2,1-5H3,(H,30,33). The lowest BCUT2D eigenvalue weighted by Gasteiger charge is -2.40. The van der Waals surface area contributed by atoms with Crippen LogP contribution in [0.1, 0.15) is 50.8 Å². The van der Waals surface area contributed by atoms with Gasteiger partial charge in [0.1, 0.15) is 5.75 Å². The first-order valence-corrected chi connectivity index (χ1v) is 15.4. The fourth-order valence-corrected chi connectivity index (χ4v) is 6.26. The van der Waals surface area contributed by atoms with E-state index in [1.807, 2.05) is 36.1 Å². The second-order valence-electron chi connectivity index (χ2n) is 10.4. The maximum atomic E-state index is 13.5. The lowest BCUT2D eigenvalue weighted by Crippen LogP contribution is -2.48. The summed E-state index contributed by atoms with van der Waals surface area (Å²) in [5.74, 6) is -0.0470. The predicted octanol–water partition coefficient (Wildman–Crippen LogP) is 3.60. The molecule has 1 N–H and O–H groups in total. The molecule has 39 heavy (non-hydrogen) atoms. The molecule has 0 bridgehead atoms. The van der Waals surface area contributed by atoms with Gasteiger partial charge in [0.05, 0.1) is 23.3 Å². The number of fused-ring (bicyclic) bond motifs is 2. The number of methoxy groups -OCH3 is 1. The fraction of sp³-hybridized carbons (Fsp3) is 0.517. The van der Waals surface area contributed by atoms with Gasteiger partial charge >= 0.3 is 0 Å². The first-order valence-electron chi connectivity index (χ1n) is 13.5. The summed E-state index contributed by atoms with van der Waals surface area (Å²) in [7, 11) is -2.01. The zero-order valence-corrected chi connectivity index (χ0v) is 24.2. The zero-order chi connectivity index (χ0) is 28.4. The lowest BCUT2D eigenvalue weighted by atomic mass is 9.83.